The van der Waals surface area contributed by atoms with Crippen molar-refractivity contribution in [1.82, 2.24) is 9.97 Å². The van der Waals surface area contributed by atoms with E-state index in [2.05, 4.69) is 27.5 Å². The minimum atomic E-state index is 0.258. The largest absolute Gasteiger partial charge is 0.497 e. The van der Waals surface area contributed by atoms with Gasteiger partial charge in [-0.1, -0.05) is 19.1 Å². The molecule has 0 bridgehead atoms. The number of nitrogen functional groups attached to an aromatic ring is 1. The number of nitrogens with two attached hydrogens (primary N) is 1. The Bertz CT molecular complexity index is 571. The van der Waals surface area contributed by atoms with Crippen LogP contribution < -0.4 is 21.1 Å². The Kier molecular flexibility index (Phi) is 5.20. The van der Waals surface area contributed by atoms with E-state index < -0.39 is 0 Å². The summed E-state index contributed by atoms with van der Waals surface area (Å²) < 4.78 is 5.14. The van der Waals surface area contributed by atoms with Crippen LogP contribution in [0.3, 0.4) is 0 Å². The molecule has 6 nitrogen and oxygen atoms in total. The van der Waals surface area contributed by atoms with E-state index in [9.17, 15) is 0 Å². The average molecular weight is 287 g/mol. The lowest BCUT2D eigenvalue weighted by Gasteiger charge is -2.10. The molecule has 0 aliphatic heterocycles. The van der Waals surface area contributed by atoms with Crippen LogP contribution in [0.1, 0.15) is 18.9 Å². The summed E-state index contributed by atoms with van der Waals surface area (Å²) in [5, 5.41) is 6.45. The molecule has 112 valence electrons. The number of methoxy groups -OCH3 is 1. The van der Waals surface area contributed by atoms with Gasteiger partial charge in [0, 0.05) is 19.2 Å². The average Bonchev–Trinajstić information content (AvgIpc) is 2.51. The molecule has 0 radical (unpaired) electrons. The summed E-state index contributed by atoms with van der Waals surface area (Å²) in [6.07, 6.45) is 1.03. The molecule has 0 saturated heterocycles. The van der Waals surface area contributed by atoms with Gasteiger partial charge in [0.1, 0.15) is 17.4 Å². The number of benzene rings is 1. The Labute approximate surface area is 124 Å². The van der Waals surface area contributed by atoms with Crippen LogP contribution in [-0.2, 0) is 6.54 Å². The number of rotatable bonds is 7. The van der Waals surface area contributed by atoms with Crippen molar-refractivity contribution < 1.29 is 4.74 Å². The monoisotopic (exact) mass is 287 g/mol. The van der Waals surface area contributed by atoms with E-state index in [4.69, 9.17) is 10.5 Å². The van der Waals surface area contributed by atoms with Gasteiger partial charge in [-0.2, -0.15) is 9.97 Å². The molecule has 1 heterocycles. The van der Waals surface area contributed by atoms with E-state index in [0.717, 1.165) is 30.1 Å². The third-order valence-corrected chi connectivity index (χ3v) is 2.93. The molecule has 2 aromatic rings. The Morgan fingerprint density at radius 1 is 1.10 bits per heavy atom. The van der Waals surface area contributed by atoms with E-state index in [1.54, 1.807) is 7.11 Å². The van der Waals surface area contributed by atoms with Gasteiger partial charge in [-0.25, -0.2) is 0 Å². The number of aromatic nitrogens is 2. The highest BCUT2D eigenvalue weighted by Crippen LogP contribution is 2.15. The quantitative estimate of drug-likeness (QED) is 0.725. The predicted molar refractivity (Wildman–Crippen MR) is 85.5 cm³/mol. The lowest BCUT2D eigenvalue weighted by molar-refractivity contribution is 0.414. The molecule has 21 heavy (non-hydrogen) atoms. The molecule has 0 unspecified atom stereocenters. The van der Waals surface area contributed by atoms with Crippen molar-refractivity contribution >= 4 is 17.6 Å². The van der Waals surface area contributed by atoms with Crippen LogP contribution >= 0.6 is 0 Å². The van der Waals surface area contributed by atoms with E-state index >= 15 is 0 Å². The summed E-state index contributed by atoms with van der Waals surface area (Å²) in [5.74, 6) is 2.54. The van der Waals surface area contributed by atoms with Crippen molar-refractivity contribution in [2.45, 2.75) is 19.9 Å². The summed E-state index contributed by atoms with van der Waals surface area (Å²) in [7, 11) is 1.65. The molecule has 0 aliphatic rings. The van der Waals surface area contributed by atoms with Crippen LogP contribution in [0.2, 0.25) is 0 Å². The van der Waals surface area contributed by atoms with Crippen LogP contribution in [0.4, 0.5) is 17.6 Å². The maximum atomic E-state index is 5.72. The van der Waals surface area contributed by atoms with Crippen molar-refractivity contribution in [1.29, 1.82) is 0 Å². The van der Waals surface area contributed by atoms with Gasteiger partial charge < -0.3 is 21.1 Å². The summed E-state index contributed by atoms with van der Waals surface area (Å²) in [5.41, 5.74) is 6.85. The molecule has 0 spiro atoms. The minimum Gasteiger partial charge on any atom is -0.497 e. The molecule has 6 heteroatoms. The molecule has 4 N–H and O–H groups in total. The second-order valence-corrected chi connectivity index (χ2v) is 4.63. The van der Waals surface area contributed by atoms with Gasteiger partial charge in [0.15, 0.2) is 0 Å². The van der Waals surface area contributed by atoms with E-state index in [-0.39, 0.29) is 5.95 Å². The number of ether oxygens (including phenoxy) is 1. The smallest absolute Gasteiger partial charge is 0.223 e. The molecule has 1 aromatic heterocycles. The number of anilines is 3. The normalized spacial score (nSPS) is 10.2. The van der Waals surface area contributed by atoms with Gasteiger partial charge >= 0.3 is 0 Å². The maximum absolute atomic E-state index is 5.72. The van der Waals surface area contributed by atoms with Crippen LogP contribution in [0.15, 0.2) is 30.3 Å². The Morgan fingerprint density at radius 2 is 1.76 bits per heavy atom. The standard InChI is InChI=1S/C15H21N5O/c1-3-8-17-13-9-14(20-15(16)19-13)18-10-11-4-6-12(21-2)7-5-11/h4-7,9H,3,8,10H2,1-2H3,(H4,16,17,18,19,20). The zero-order valence-corrected chi connectivity index (χ0v) is 12.4. The summed E-state index contributed by atoms with van der Waals surface area (Å²) >= 11 is 0. The maximum Gasteiger partial charge on any atom is 0.223 e. The van der Waals surface area contributed by atoms with Gasteiger partial charge in [-0.15, -0.1) is 0 Å². The molecule has 0 fully saturated rings. The van der Waals surface area contributed by atoms with Crippen LogP contribution in [0, 0.1) is 0 Å². The Morgan fingerprint density at radius 3 is 2.38 bits per heavy atom. The molecular formula is C15H21N5O. The topological polar surface area (TPSA) is 85.1 Å². The van der Waals surface area contributed by atoms with E-state index in [1.807, 2.05) is 30.3 Å². The highest BCUT2D eigenvalue weighted by Gasteiger charge is 2.02. The molecule has 0 amide bonds. The molecule has 0 aliphatic carbocycles. The number of nitrogens with one attached hydrogen (secondary N) is 2. The molecule has 2 rings (SSSR count). The highest BCUT2D eigenvalue weighted by atomic mass is 16.5. The SMILES string of the molecule is CCCNc1cc(NCc2ccc(OC)cc2)nc(N)n1. The first-order valence-corrected chi connectivity index (χ1v) is 6.96. The second kappa shape index (κ2) is 7.33. The summed E-state index contributed by atoms with van der Waals surface area (Å²) in [6, 6.07) is 9.73. The van der Waals surface area contributed by atoms with Gasteiger partial charge in [0.25, 0.3) is 0 Å². The molecule has 0 atom stereocenters. The fraction of sp³-hybridized carbons (Fsp3) is 0.333. The van der Waals surface area contributed by atoms with E-state index in [0.29, 0.717) is 12.4 Å². The Hall–Kier alpha value is -2.50. The number of hydrogen-bond donors (Lipinski definition) is 3. The fourth-order valence-electron chi connectivity index (χ4n) is 1.84. The van der Waals surface area contributed by atoms with Crippen LogP contribution in [-0.4, -0.2) is 23.6 Å². The first kappa shape index (κ1) is 14.9. The third kappa shape index (κ3) is 4.52. The molecular weight excluding hydrogens is 266 g/mol. The first-order chi connectivity index (χ1) is 10.2. The summed E-state index contributed by atoms with van der Waals surface area (Å²) in [4.78, 5) is 8.33. The lowest BCUT2D eigenvalue weighted by Crippen LogP contribution is -2.08. The number of nitrogens with zero attached hydrogens (tertiary/aromatic N) is 2. The van der Waals surface area contributed by atoms with Gasteiger partial charge in [0.05, 0.1) is 7.11 Å². The van der Waals surface area contributed by atoms with Gasteiger partial charge in [-0.05, 0) is 24.1 Å². The first-order valence-electron chi connectivity index (χ1n) is 6.96. The molecule has 1 aromatic carbocycles. The van der Waals surface area contributed by atoms with Crippen molar-refractivity contribution in [3.63, 3.8) is 0 Å². The van der Waals surface area contributed by atoms with Crippen molar-refractivity contribution in [2.75, 3.05) is 30.0 Å². The minimum absolute atomic E-state index is 0.258. The van der Waals surface area contributed by atoms with Crippen LogP contribution in [0.25, 0.3) is 0 Å². The lowest BCUT2D eigenvalue weighted by atomic mass is 10.2. The highest BCUT2D eigenvalue weighted by molar-refractivity contribution is 5.51. The third-order valence-electron chi connectivity index (χ3n) is 2.93. The van der Waals surface area contributed by atoms with Crippen molar-refractivity contribution in [3.05, 3.63) is 35.9 Å². The van der Waals surface area contributed by atoms with Gasteiger partial charge in [-0.3, -0.25) is 0 Å². The molecule has 0 saturated carbocycles. The zero-order chi connectivity index (χ0) is 15.1. The second-order valence-electron chi connectivity index (χ2n) is 4.63. The Balaban J connectivity index is 1.99. The van der Waals surface area contributed by atoms with Crippen molar-refractivity contribution in [2.24, 2.45) is 0 Å². The van der Waals surface area contributed by atoms with Crippen molar-refractivity contribution in [3.8, 4) is 5.75 Å². The van der Waals surface area contributed by atoms with Crippen LogP contribution in [0.5, 0.6) is 5.75 Å². The fourth-order valence-corrected chi connectivity index (χ4v) is 1.84. The summed E-state index contributed by atoms with van der Waals surface area (Å²) in [6.45, 7) is 3.61. The van der Waals surface area contributed by atoms with Gasteiger partial charge in [0.2, 0.25) is 5.95 Å². The zero-order valence-electron chi connectivity index (χ0n) is 12.4. The number of hydrogen-bond acceptors (Lipinski definition) is 6. The predicted octanol–water partition coefficient (Wildman–Crippen LogP) is 2.50. The van der Waals surface area contributed by atoms with E-state index in [1.165, 1.54) is 0 Å².